The second kappa shape index (κ2) is 6.40. The first-order valence-corrected chi connectivity index (χ1v) is 3.13. The molecule has 0 spiro atoms. The van der Waals surface area contributed by atoms with Gasteiger partial charge in [0, 0.05) is 0 Å². The predicted molar refractivity (Wildman–Crippen MR) is 35.9 cm³/mol. The molecule has 1 aromatic carbocycles. The van der Waals surface area contributed by atoms with Crippen LogP contribution >= 0.6 is 0 Å². The summed E-state index contributed by atoms with van der Waals surface area (Å²) in [5.74, 6) is 0. The molecule has 0 radical (unpaired) electrons. The summed E-state index contributed by atoms with van der Waals surface area (Å²) in [7, 11) is 0. The summed E-state index contributed by atoms with van der Waals surface area (Å²) < 4.78 is 8.00. The van der Waals surface area contributed by atoms with Crippen LogP contribution < -0.4 is 0 Å². The van der Waals surface area contributed by atoms with E-state index in [0.717, 1.165) is 5.56 Å². The minimum absolute atomic E-state index is 1.06. The molecule has 0 atom stereocenters. The van der Waals surface area contributed by atoms with E-state index >= 15 is 0 Å². The molecule has 1 nitrogen and oxygen atoms in total. The van der Waals surface area contributed by atoms with Crippen molar-refractivity contribution in [1.82, 2.24) is 0 Å². The van der Waals surface area contributed by atoms with E-state index in [9.17, 15) is 0 Å². The van der Waals surface area contributed by atoms with E-state index < -0.39 is 0 Å². The number of rotatable bonds is 1. The van der Waals surface area contributed by atoms with Gasteiger partial charge >= 0.3 is 19.8 Å². The van der Waals surface area contributed by atoms with Gasteiger partial charge in [0.15, 0.2) is 0 Å². The first-order chi connectivity index (χ1) is 4.93. The molecule has 0 fully saturated rings. The van der Waals surface area contributed by atoms with Gasteiger partial charge in [0.05, 0.1) is 0 Å². The third-order valence-electron chi connectivity index (χ3n) is 0.992. The SMILES string of the molecule is [CH-]=Cc1ccccc1.[O]=[Fe+]. The monoisotopic (exact) mass is 175 g/mol. The first kappa shape index (κ1) is 9.28. The Morgan fingerprint density at radius 2 is 1.70 bits per heavy atom. The number of hydrogen-bond acceptors (Lipinski definition) is 1. The van der Waals surface area contributed by atoms with Gasteiger partial charge in [-0.2, -0.15) is 5.56 Å². The molecule has 53 valence electrons. The van der Waals surface area contributed by atoms with Crippen LogP contribution in [0.25, 0.3) is 6.08 Å². The van der Waals surface area contributed by atoms with E-state index in [-0.39, 0.29) is 0 Å². The maximum atomic E-state index is 8.00. The Morgan fingerprint density at radius 3 is 2.00 bits per heavy atom. The molecule has 0 bridgehead atoms. The van der Waals surface area contributed by atoms with Crippen molar-refractivity contribution < 1.29 is 19.8 Å². The summed E-state index contributed by atoms with van der Waals surface area (Å²) in [5, 5.41) is 0. The van der Waals surface area contributed by atoms with E-state index in [1.54, 1.807) is 6.08 Å². The zero-order valence-corrected chi connectivity index (χ0v) is 6.41. The summed E-state index contributed by atoms with van der Waals surface area (Å²) in [6.07, 6.45) is 1.58. The molecule has 0 N–H and O–H groups in total. The predicted octanol–water partition coefficient (Wildman–Crippen LogP) is 2.01. The normalized spacial score (nSPS) is 7.20. The number of benzene rings is 1. The molecule has 0 saturated carbocycles. The Kier molecular flexibility index (Phi) is 5.94. The van der Waals surface area contributed by atoms with Crippen LogP contribution in [-0.4, -0.2) is 0 Å². The zero-order chi connectivity index (χ0) is 7.82. The standard InChI is InChI=1S/C8H7.Fe.O/c1-2-8-6-4-3-5-7-8;;/h1-7H;;/q-1;+1;. The second-order valence-electron chi connectivity index (χ2n) is 1.58. The molecule has 1 rings (SSSR count). The Balaban J connectivity index is 0.000000371. The van der Waals surface area contributed by atoms with Crippen molar-refractivity contribution >= 4 is 6.08 Å². The summed E-state index contributed by atoms with van der Waals surface area (Å²) >= 11 is 2.00. The van der Waals surface area contributed by atoms with Gasteiger partial charge in [-0.1, -0.05) is 18.2 Å². The van der Waals surface area contributed by atoms with Crippen molar-refractivity contribution in [2.75, 3.05) is 0 Å². The fourth-order valence-electron chi connectivity index (χ4n) is 0.564. The van der Waals surface area contributed by atoms with Crippen molar-refractivity contribution in [1.29, 1.82) is 0 Å². The summed E-state index contributed by atoms with van der Waals surface area (Å²) in [6, 6.07) is 9.80. The average Bonchev–Trinajstić information content (AvgIpc) is 2.10. The molecule has 0 aliphatic heterocycles. The van der Waals surface area contributed by atoms with Crippen molar-refractivity contribution in [3.8, 4) is 0 Å². The van der Waals surface area contributed by atoms with Crippen molar-refractivity contribution in [3.63, 3.8) is 0 Å². The zero-order valence-electron chi connectivity index (χ0n) is 5.30. The van der Waals surface area contributed by atoms with E-state index in [4.69, 9.17) is 10.4 Å². The third kappa shape index (κ3) is 3.33. The van der Waals surface area contributed by atoms with Crippen LogP contribution in [0.2, 0.25) is 0 Å². The van der Waals surface area contributed by atoms with E-state index in [0.29, 0.717) is 0 Å². The molecular formula is C8H7FeO. The van der Waals surface area contributed by atoms with Gasteiger partial charge in [-0.15, -0.1) is 12.1 Å². The molecule has 0 aliphatic carbocycles. The quantitative estimate of drug-likeness (QED) is 0.471. The fraction of sp³-hybridized carbons (Fsp3) is 0. The van der Waals surface area contributed by atoms with Gasteiger partial charge in [-0.3, -0.25) is 6.58 Å². The van der Waals surface area contributed by atoms with Gasteiger partial charge in [0.1, 0.15) is 0 Å². The summed E-state index contributed by atoms with van der Waals surface area (Å²) in [5.41, 5.74) is 1.06. The van der Waals surface area contributed by atoms with Crippen molar-refractivity contribution in [2.45, 2.75) is 0 Å². The molecule has 0 saturated heterocycles. The Bertz CT molecular complexity index is 184. The molecule has 0 aromatic heterocycles. The Morgan fingerprint density at radius 1 is 1.20 bits per heavy atom. The summed E-state index contributed by atoms with van der Waals surface area (Å²) in [6.45, 7) is 5.22. The molecular weight excluding hydrogens is 168 g/mol. The third-order valence-corrected chi connectivity index (χ3v) is 0.992. The van der Waals surface area contributed by atoms with Gasteiger partial charge < -0.3 is 0 Å². The summed E-state index contributed by atoms with van der Waals surface area (Å²) in [4.78, 5) is 0. The molecule has 1 aromatic rings. The van der Waals surface area contributed by atoms with Crippen LogP contribution in [0.1, 0.15) is 5.56 Å². The van der Waals surface area contributed by atoms with E-state index in [1.807, 2.05) is 46.3 Å². The van der Waals surface area contributed by atoms with Crippen molar-refractivity contribution in [3.05, 3.63) is 42.5 Å². The van der Waals surface area contributed by atoms with Crippen LogP contribution in [0, 0.1) is 6.58 Å². The Hall–Kier alpha value is -0.721. The van der Waals surface area contributed by atoms with Crippen LogP contribution in [0.3, 0.4) is 0 Å². The van der Waals surface area contributed by atoms with Crippen LogP contribution in [0.4, 0.5) is 0 Å². The van der Waals surface area contributed by atoms with Gasteiger partial charge in [-0.05, 0) is 0 Å². The van der Waals surface area contributed by atoms with Gasteiger partial charge in [0.25, 0.3) is 0 Å². The van der Waals surface area contributed by atoms with Crippen LogP contribution in [0.15, 0.2) is 30.3 Å². The van der Waals surface area contributed by atoms with Gasteiger partial charge in [-0.25, -0.2) is 6.08 Å². The molecule has 2 heteroatoms. The second-order valence-corrected chi connectivity index (χ2v) is 1.58. The van der Waals surface area contributed by atoms with Crippen LogP contribution in [-0.2, 0) is 19.8 Å². The molecule has 0 unspecified atom stereocenters. The van der Waals surface area contributed by atoms with Crippen molar-refractivity contribution in [2.24, 2.45) is 0 Å². The van der Waals surface area contributed by atoms with Gasteiger partial charge in [0.2, 0.25) is 0 Å². The fourth-order valence-corrected chi connectivity index (χ4v) is 0.564. The maximum absolute atomic E-state index is 8.00. The first-order valence-electron chi connectivity index (χ1n) is 2.68. The molecule has 0 aliphatic rings. The minimum atomic E-state index is 1.06. The average molecular weight is 175 g/mol. The topological polar surface area (TPSA) is 17.1 Å². The molecule has 0 heterocycles. The van der Waals surface area contributed by atoms with Crippen LogP contribution in [0.5, 0.6) is 0 Å². The van der Waals surface area contributed by atoms with E-state index in [2.05, 4.69) is 0 Å². The molecule has 10 heavy (non-hydrogen) atoms. The van der Waals surface area contributed by atoms with E-state index in [1.165, 1.54) is 0 Å². The Labute approximate surface area is 68.8 Å². The number of hydrogen-bond donors (Lipinski definition) is 0. The molecule has 0 amide bonds.